The zero-order valence-corrected chi connectivity index (χ0v) is 14.0. The van der Waals surface area contributed by atoms with Crippen LogP contribution in [0.5, 0.6) is 0 Å². The van der Waals surface area contributed by atoms with Crippen molar-refractivity contribution < 1.29 is 0 Å². The molecule has 0 fully saturated rings. The Balaban J connectivity index is 2.24. The topological polar surface area (TPSA) is 38.9 Å². The molecule has 1 heterocycles. The Hall–Kier alpha value is -0.840. The molecule has 2 nitrogen and oxygen atoms in total. The molecule has 1 aromatic carbocycles. The Kier molecular flexibility index (Phi) is 5.24. The van der Waals surface area contributed by atoms with E-state index in [1.165, 1.54) is 10.5 Å². The van der Waals surface area contributed by atoms with E-state index in [2.05, 4.69) is 50.4 Å². The highest BCUT2D eigenvalue weighted by molar-refractivity contribution is 7.99. The lowest BCUT2D eigenvalue weighted by Gasteiger charge is -2.24. The molecule has 0 bridgehead atoms. The molecular formula is C16H22N2S2. The highest BCUT2D eigenvalue weighted by Crippen LogP contribution is 2.32. The third-order valence-corrected chi connectivity index (χ3v) is 5.47. The van der Waals surface area contributed by atoms with Crippen LogP contribution in [0.15, 0.2) is 34.5 Å². The maximum absolute atomic E-state index is 6.41. The summed E-state index contributed by atoms with van der Waals surface area (Å²) >= 11 is 3.54. The molecule has 0 unspecified atom stereocenters. The van der Waals surface area contributed by atoms with E-state index in [9.17, 15) is 0 Å². The SMILES string of the molecule is CCSc1ccc(-c2nc(C(N)(CC)CC)cs2)cc1. The number of nitrogens with zero attached hydrogens (tertiary/aromatic N) is 1. The lowest BCUT2D eigenvalue weighted by molar-refractivity contribution is 0.403. The van der Waals surface area contributed by atoms with Gasteiger partial charge in [-0.2, -0.15) is 0 Å². The number of hydrogen-bond acceptors (Lipinski definition) is 4. The first kappa shape index (κ1) is 15.5. The van der Waals surface area contributed by atoms with Crippen LogP contribution in [0.4, 0.5) is 0 Å². The fourth-order valence-electron chi connectivity index (χ4n) is 2.11. The highest BCUT2D eigenvalue weighted by atomic mass is 32.2. The molecule has 0 aliphatic heterocycles. The molecular weight excluding hydrogens is 284 g/mol. The lowest BCUT2D eigenvalue weighted by atomic mass is 9.91. The molecule has 2 rings (SSSR count). The van der Waals surface area contributed by atoms with Crippen LogP contribution in [0.25, 0.3) is 10.6 Å². The predicted molar refractivity (Wildman–Crippen MR) is 90.4 cm³/mol. The number of nitrogens with two attached hydrogens (primary N) is 1. The number of hydrogen-bond donors (Lipinski definition) is 1. The fourth-order valence-corrected chi connectivity index (χ4v) is 3.70. The Bertz CT molecular complexity index is 542. The summed E-state index contributed by atoms with van der Waals surface area (Å²) in [6, 6.07) is 8.63. The van der Waals surface area contributed by atoms with Gasteiger partial charge in [-0.1, -0.05) is 32.9 Å². The van der Waals surface area contributed by atoms with E-state index in [1.807, 2.05) is 11.8 Å². The summed E-state index contributed by atoms with van der Waals surface area (Å²) in [6.45, 7) is 6.42. The van der Waals surface area contributed by atoms with Gasteiger partial charge in [0, 0.05) is 15.8 Å². The first-order valence-corrected chi connectivity index (χ1v) is 8.97. The second-order valence-electron chi connectivity index (χ2n) is 4.86. The molecule has 0 spiro atoms. The third-order valence-electron chi connectivity index (χ3n) is 3.69. The van der Waals surface area contributed by atoms with Gasteiger partial charge in [-0.05, 0) is 30.7 Å². The minimum absolute atomic E-state index is 0.285. The van der Waals surface area contributed by atoms with Crippen molar-refractivity contribution in [1.82, 2.24) is 4.98 Å². The fraction of sp³-hybridized carbons (Fsp3) is 0.438. The van der Waals surface area contributed by atoms with Crippen LogP contribution >= 0.6 is 23.1 Å². The quantitative estimate of drug-likeness (QED) is 0.772. The molecule has 0 aliphatic carbocycles. The van der Waals surface area contributed by atoms with Crippen molar-refractivity contribution in [3.8, 4) is 10.6 Å². The molecule has 108 valence electrons. The Labute approximate surface area is 129 Å². The van der Waals surface area contributed by atoms with Gasteiger partial charge >= 0.3 is 0 Å². The summed E-state index contributed by atoms with van der Waals surface area (Å²) in [5.74, 6) is 1.10. The van der Waals surface area contributed by atoms with E-state index in [0.29, 0.717) is 0 Å². The molecule has 0 aliphatic rings. The molecule has 20 heavy (non-hydrogen) atoms. The molecule has 0 saturated carbocycles. The lowest BCUT2D eigenvalue weighted by Crippen LogP contribution is -2.35. The van der Waals surface area contributed by atoms with Crippen molar-refractivity contribution in [3.05, 3.63) is 35.3 Å². The first-order chi connectivity index (χ1) is 9.62. The summed E-state index contributed by atoms with van der Waals surface area (Å²) in [5.41, 5.74) is 8.33. The maximum atomic E-state index is 6.41. The van der Waals surface area contributed by atoms with Gasteiger partial charge in [0.05, 0.1) is 11.2 Å². The second kappa shape index (κ2) is 6.74. The summed E-state index contributed by atoms with van der Waals surface area (Å²) in [6.07, 6.45) is 1.83. The van der Waals surface area contributed by atoms with E-state index < -0.39 is 0 Å². The Morgan fingerprint density at radius 3 is 2.35 bits per heavy atom. The zero-order chi connectivity index (χ0) is 14.6. The predicted octanol–water partition coefficient (Wildman–Crippen LogP) is 4.90. The monoisotopic (exact) mass is 306 g/mol. The molecule has 4 heteroatoms. The number of thioether (sulfide) groups is 1. The van der Waals surface area contributed by atoms with E-state index in [1.54, 1.807) is 11.3 Å². The van der Waals surface area contributed by atoms with Crippen molar-refractivity contribution in [1.29, 1.82) is 0 Å². The van der Waals surface area contributed by atoms with Crippen LogP contribution in [0, 0.1) is 0 Å². The summed E-state index contributed by atoms with van der Waals surface area (Å²) in [7, 11) is 0. The van der Waals surface area contributed by atoms with Gasteiger partial charge in [-0.25, -0.2) is 4.98 Å². The van der Waals surface area contributed by atoms with Crippen molar-refractivity contribution in [2.24, 2.45) is 5.73 Å². The maximum Gasteiger partial charge on any atom is 0.123 e. The molecule has 0 atom stereocenters. The number of aromatic nitrogens is 1. The standard InChI is InChI=1S/C16H22N2S2/c1-4-16(17,5-2)14-11-20-15(18-14)12-7-9-13(10-8-12)19-6-3/h7-11H,4-6,17H2,1-3H3. The van der Waals surface area contributed by atoms with Gasteiger partial charge in [0.25, 0.3) is 0 Å². The minimum Gasteiger partial charge on any atom is -0.320 e. The van der Waals surface area contributed by atoms with E-state index in [4.69, 9.17) is 10.7 Å². The van der Waals surface area contributed by atoms with Gasteiger partial charge in [0.2, 0.25) is 0 Å². The van der Waals surface area contributed by atoms with Crippen LogP contribution < -0.4 is 5.73 Å². The van der Waals surface area contributed by atoms with Crippen LogP contribution in [-0.2, 0) is 5.54 Å². The van der Waals surface area contributed by atoms with Crippen LogP contribution in [-0.4, -0.2) is 10.7 Å². The number of benzene rings is 1. The summed E-state index contributed by atoms with van der Waals surface area (Å²) in [5, 5.41) is 3.17. The number of thiazole rings is 1. The van der Waals surface area contributed by atoms with Crippen LogP contribution in [0.3, 0.4) is 0 Å². The van der Waals surface area contributed by atoms with Gasteiger partial charge in [0.15, 0.2) is 0 Å². The van der Waals surface area contributed by atoms with E-state index in [0.717, 1.165) is 29.3 Å². The zero-order valence-electron chi connectivity index (χ0n) is 12.3. The molecule has 1 aromatic heterocycles. The molecule has 2 N–H and O–H groups in total. The van der Waals surface area contributed by atoms with E-state index in [-0.39, 0.29) is 5.54 Å². The average Bonchev–Trinajstić information content (AvgIpc) is 2.98. The third kappa shape index (κ3) is 3.25. The van der Waals surface area contributed by atoms with Crippen LogP contribution in [0.1, 0.15) is 39.3 Å². The summed E-state index contributed by atoms with van der Waals surface area (Å²) < 4.78 is 0. The average molecular weight is 306 g/mol. The Morgan fingerprint density at radius 1 is 1.15 bits per heavy atom. The van der Waals surface area contributed by atoms with Gasteiger partial charge in [0.1, 0.15) is 5.01 Å². The minimum atomic E-state index is -0.285. The number of rotatable bonds is 6. The molecule has 0 saturated heterocycles. The normalized spacial score (nSPS) is 11.8. The van der Waals surface area contributed by atoms with Crippen molar-refractivity contribution in [2.75, 3.05) is 5.75 Å². The van der Waals surface area contributed by atoms with Gasteiger partial charge in [-0.3, -0.25) is 0 Å². The van der Waals surface area contributed by atoms with Gasteiger partial charge in [-0.15, -0.1) is 23.1 Å². The second-order valence-corrected chi connectivity index (χ2v) is 7.05. The Morgan fingerprint density at radius 2 is 1.80 bits per heavy atom. The molecule has 0 amide bonds. The van der Waals surface area contributed by atoms with Crippen LogP contribution in [0.2, 0.25) is 0 Å². The largest absolute Gasteiger partial charge is 0.320 e. The smallest absolute Gasteiger partial charge is 0.123 e. The first-order valence-electron chi connectivity index (χ1n) is 7.11. The van der Waals surface area contributed by atoms with Crippen molar-refractivity contribution in [2.45, 2.75) is 44.0 Å². The van der Waals surface area contributed by atoms with Gasteiger partial charge < -0.3 is 5.73 Å². The highest BCUT2D eigenvalue weighted by Gasteiger charge is 2.26. The van der Waals surface area contributed by atoms with Crippen molar-refractivity contribution in [3.63, 3.8) is 0 Å². The van der Waals surface area contributed by atoms with Crippen molar-refractivity contribution >= 4 is 23.1 Å². The summed E-state index contributed by atoms with van der Waals surface area (Å²) in [4.78, 5) is 6.07. The van der Waals surface area contributed by atoms with E-state index >= 15 is 0 Å². The molecule has 2 aromatic rings. The molecule has 0 radical (unpaired) electrons.